The van der Waals surface area contributed by atoms with E-state index >= 15 is 0 Å². The third-order valence-electron chi connectivity index (χ3n) is 6.75. The number of hydrogen-bond donors (Lipinski definition) is 3. The van der Waals surface area contributed by atoms with Crippen LogP contribution in [0.2, 0.25) is 0 Å². The van der Waals surface area contributed by atoms with Gasteiger partial charge < -0.3 is 20.1 Å². The molecule has 0 aromatic heterocycles. The number of carboxylic acids is 1. The van der Waals surface area contributed by atoms with E-state index in [0.717, 1.165) is 35.2 Å². The number of carbonyl (C=O) groups is 1. The Bertz CT molecular complexity index is 1230. The van der Waals surface area contributed by atoms with Crippen LogP contribution in [0, 0.1) is 26.6 Å². The quantitative estimate of drug-likeness (QED) is 0.371. The number of rotatable bonds is 8. The first-order valence-electron chi connectivity index (χ1n) is 12.9. The maximum absolute atomic E-state index is 12.6. The number of halogens is 1. The predicted molar refractivity (Wildman–Crippen MR) is 147 cm³/mol. The van der Waals surface area contributed by atoms with Crippen LogP contribution in [0.3, 0.4) is 0 Å². The highest BCUT2D eigenvalue weighted by atomic mass is 19.1. The topological polar surface area (TPSA) is 90.2 Å². The smallest absolute Gasteiger partial charge is 0.335 e. The lowest BCUT2D eigenvalue weighted by molar-refractivity contribution is -0.0141. The van der Waals surface area contributed by atoms with Gasteiger partial charge in [0.2, 0.25) is 0 Å². The summed E-state index contributed by atoms with van der Waals surface area (Å²) in [5, 5.41) is 29.1. The fourth-order valence-electron chi connectivity index (χ4n) is 4.56. The maximum atomic E-state index is 12.6. The van der Waals surface area contributed by atoms with Gasteiger partial charge in [0.15, 0.2) is 0 Å². The summed E-state index contributed by atoms with van der Waals surface area (Å²) >= 11 is 0. The number of β-amino-alcohol motifs (C(OH)–C–C–N with tert-alkyl or cyclic N) is 2. The number of carboxylic acid groups (broad SMARTS) is 1. The van der Waals surface area contributed by atoms with Gasteiger partial charge in [-0.15, -0.1) is 0 Å². The van der Waals surface area contributed by atoms with E-state index < -0.39 is 12.1 Å². The van der Waals surface area contributed by atoms with Crippen molar-refractivity contribution in [2.75, 3.05) is 26.2 Å². The molecular weight excluding hydrogens is 485 g/mol. The van der Waals surface area contributed by atoms with Crippen LogP contribution >= 0.6 is 0 Å². The van der Waals surface area contributed by atoms with E-state index in [0.29, 0.717) is 29.8 Å². The monoisotopic (exact) mass is 523 g/mol. The Kier molecular flexibility index (Phi) is 10.6. The Morgan fingerprint density at radius 1 is 1.08 bits per heavy atom. The van der Waals surface area contributed by atoms with Crippen molar-refractivity contribution in [3.05, 3.63) is 94.3 Å². The van der Waals surface area contributed by atoms with Gasteiger partial charge in [0.1, 0.15) is 5.82 Å². The molecule has 4 rings (SSSR count). The first-order chi connectivity index (χ1) is 18.0. The van der Waals surface area contributed by atoms with Crippen molar-refractivity contribution in [3.8, 4) is 11.1 Å². The molecule has 0 spiro atoms. The summed E-state index contributed by atoms with van der Waals surface area (Å²) in [4.78, 5) is 13.3. The predicted octanol–water partition coefficient (Wildman–Crippen LogP) is 5.31. The van der Waals surface area contributed by atoms with Gasteiger partial charge in [0.25, 0.3) is 0 Å². The Morgan fingerprint density at radius 3 is 2.42 bits per heavy atom. The van der Waals surface area contributed by atoms with Crippen LogP contribution in [-0.4, -0.2) is 64.6 Å². The van der Waals surface area contributed by atoms with E-state index in [1.54, 1.807) is 26.0 Å². The van der Waals surface area contributed by atoms with E-state index in [2.05, 4.69) is 0 Å². The van der Waals surface area contributed by atoms with Crippen LogP contribution in [0.1, 0.15) is 52.1 Å². The minimum absolute atomic E-state index is 0.116. The molecule has 7 heteroatoms. The molecule has 3 aromatic rings. The van der Waals surface area contributed by atoms with Crippen molar-refractivity contribution in [1.82, 2.24) is 4.90 Å². The highest BCUT2D eigenvalue weighted by molar-refractivity contribution is 5.90. The molecule has 1 aliphatic rings. The van der Waals surface area contributed by atoms with Crippen LogP contribution in [0.4, 0.5) is 4.39 Å². The molecule has 3 atom stereocenters. The number of aliphatic hydroxyl groups is 2. The Balaban J connectivity index is 0.000000375. The van der Waals surface area contributed by atoms with Gasteiger partial charge in [-0.2, -0.15) is 0 Å². The minimum Gasteiger partial charge on any atom is -0.478 e. The van der Waals surface area contributed by atoms with E-state index in [1.165, 1.54) is 6.07 Å². The van der Waals surface area contributed by atoms with Gasteiger partial charge in [0.05, 0.1) is 30.5 Å². The van der Waals surface area contributed by atoms with Crippen LogP contribution in [-0.2, 0) is 4.74 Å². The number of nitrogens with zero attached hydrogens (tertiary/aromatic N) is 1. The third-order valence-corrected chi connectivity index (χ3v) is 6.75. The summed E-state index contributed by atoms with van der Waals surface area (Å²) in [6.45, 7) is 9.46. The Labute approximate surface area is 224 Å². The minimum atomic E-state index is -0.932. The number of aliphatic hydroxyl groups excluding tert-OH is 2. The molecule has 0 saturated carbocycles. The second-order valence-corrected chi connectivity index (χ2v) is 10.0. The first-order valence-corrected chi connectivity index (χ1v) is 12.9. The van der Waals surface area contributed by atoms with E-state index in [-0.39, 0.29) is 24.6 Å². The number of hydrogen-bond acceptors (Lipinski definition) is 5. The van der Waals surface area contributed by atoms with Gasteiger partial charge in [-0.05, 0) is 79.6 Å². The number of ether oxygens (including phenoxy) is 1. The van der Waals surface area contributed by atoms with Crippen molar-refractivity contribution in [2.45, 2.75) is 52.4 Å². The van der Waals surface area contributed by atoms with Crippen molar-refractivity contribution in [1.29, 1.82) is 0 Å². The molecule has 6 nitrogen and oxygen atoms in total. The van der Waals surface area contributed by atoms with Crippen molar-refractivity contribution in [2.24, 2.45) is 0 Å². The number of benzene rings is 3. The average Bonchev–Trinajstić information content (AvgIpc) is 3.29. The zero-order valence-corrected chi connectivity index (χ0v) is 22.5. The first kappa shape index (κ1) is 29.5. The molecule has 0 bridgehead atoms. The van der Waals surface area contributed by atoms with Crippen LogP contribution in [0.25, 0.3) is 11.1 Å². The molecular formula is C31H38FNO5. The number of aromatic carboxylic acids is 1. The molecule has 0 amide bonds. The van der Waals surface area contributed by atoms with Crippen molar-refractivity contribution in [3.63, 3.8) is 0 Å². The fourth-order valence-corrected chi connectivity index (χ4v) is 4.56. The van der Waals surface area contributed by atoms with Gasteiger partial charge in [0, 0.05) is 19.6 Å². The van der Waals surface area contributed by atoms with Crippen LogP contribution < -0.4 is 0 Å². The number of aryl methyl sites for hydroxylation is 3. The highest BCUT2D eigenvalue weighted by Crippen LogP contribution is 2.31. The largest absolute Gasteiger partial charge is 0.478 e. The molecule has 3 aromatic carbocycles. The SMILES string of the molecule is Cc1cc(-c2ccccc2C(C)OCC(O)CN2CCC(O)C2)ccc1C(=O)O.Cc1ccc(C)c(F)c1. The highest BCUT2D eigenvalue weighted by Gasteiger charge is 2.23. The van der Waals surface area contributed by atoms with Crippen molar-refractivity contribution >= 4 is 5.97 Å². The van der Waals surface area contributed by atoms with E-state index in [9.17, 15) is 24.5 Å². The average molecular weight is 524 g/mol. The van der Waals surface area contributed by atoms with Crippen molar-refractivity contribution < 1.29 is 29.2 Å². The Hall–Kier alpha value is -3.10. The second-order valence-electron chi connectivity index (χ2n) is 10.0. The summed E-state index contributed by atoms with van der Waals surface area (Å²) in [5.41, 5.74) is 5.59. The summed E-state index contributed by atoms with van der Waals surface area (Å²) in [7, 11) is 0. The molecule has 1 aliphatic heterocycles. The molecule has 38 heavy (non-hydrogen) atoms. The Morgan fingerprint density at radius 2 is 1.82 bits per heavy atom. The van der Waals surface area contributed by atoms with E-state index in [4.69, 9.17) is 4.74 Å². The lowest BCUT2D eigenvalue weighted by atomic mass is 9.94. The summed E-state index contributed by atoms with van der Waals surface area (Å²) in [6.07, 6.45) is -0.404. The summed E-state index contributed by atoms with van der Waals surface area (Å²) in [5.74, 6) is -1.05. The molecule has 3 unspecified atom stereocenters. The maximum Gasteiger partial charge on any atom is 0.335 e. The molecule has 3 N–H and O–H groups in total. The normalized spacial score (nSPS) is 17.0. The van der Waals surface area contributed by atoms with Gasteiger partial charge in [-0.25, -0.2) is 9.18 Å². The van der Waals surface area contributed by atoms with Gasteiger partial charge in [-0.3, -0.25) is 4.90 Å². The third kappa shape index (κ3) is 8.20. The lowest BCUT2D eigenvalue weighted by Gasteiger charge is -2.22. The molecule has 1 fully saturated rings. The molecule has 0 radical (unpaired) electrons. The number of likely N-dealkylation sites (tertiary alicyclic amines) is 1. The zero-order chi connectivity index (χ0) is 27.8. The standard InChI is InChI=1S/C23H29NO5.C8H9F/c1-15-11-17(7-8-20(15)23(27)28)22-6-4-3-5-21(22)16(2)29-14-19(26)13-24-10-9-18(25)12-24;1-6-3-4-7(2)8(9)5-6/h3-8,11,16,18-19,25-26H,9-10,12-14H2,1-2H3,(H,27,28);3-5H,1-2H3. The summed E-state index contributed by atoms with van der Waals surface area (Å²) in [6, 6.07) is 18.4. The zero-order valence-electron chi connectivity index (χ0n) is 22.5. The van der Waals surface area contributed by atoms with Gasteiger partial charge >= 0.3 is 5.97 Å². The molecule has 1 saturated heterocycles. The molecule has 1 heterocycles. The lowest BCUT2D eigenvalue weighted by Crippen LogP contribution is -2.34. The molecule has 0 aliphatic carbocycles. The van der Waals surface area contributed by atoms with Crippen LogP contribution in [0.5, 0.6) is 0 Å². The van der Waals surface area contributed by atoms with Crippen LogP contribution in [0.15, 0.2) is 60.7 Å². The second kappa shape index (κ2) is 13.6. The summed E-state index contributed by atoms with van der Waals surface area (Å²) < 4.78 is 18.5. The fraction of sp³-hybridized carbons (Fsp3) is 0.387. The van der Waals surface area contributed by atoms with Gasteiger partial charge in [-0.1, -0.05) is 48.5 Å². The molecule has 204 valence electrons. The van der Waals surface area contributed by atoms with E-state index in [1.807, 2.05) is 61.2 Å².